The fourth-order valence-corrected chi connectivity index (χ4v) is 2.74. The summed E-state index contributed by atoms with van der Waals surface area (Å²) in [5.41, 5.74) is 1.50. The number of likely N-dealkylation sites (tertiary alicyclic amines) is 1. The largest absolute Gasteiger partial charge is 0.496 e. The summed E-state index contributed by atoms with van der Waals surface area (Å²) in [4.78, 5) is 17.6. The predicted octanol–water partition coefficient (Wildman–Crippen LogP) is 1.61. The van der Waals surface area contributed by atoms with Gasteiger partial charge in [-0.15, -0.1) is 0 Å². The Kier molecular flexibility index (Phi) is 3.36. The van der Waals surface area contributed by atoms with Crippen LogP contribution in [0.25, 0.3) is 10.9 Å². The second-order valence-electron chi connectivity index (χ2n) is 5.33. The summed E-state index contributed by atoms with van der Waals surface area (Å²) in [6, 6.07) is 7.83. The number of H-pyrrole nitrogens is 1. The Balaban J connectivity index is 1.81. The molecule has 5 nitrogen and oxygen atoms in total. The van der Waals surface area contributed by atoms with Crippen LogP contribution in [0.3, 0.4) is 0 Å². The van der Waals surface area contributed by atoms with E-state index in [-0.39, 0.29) is 11.9 Å². The molecule has 2 heterocycles. The van der Waals surface area contributed by atoms with Crippen molar-refractivity contribution in [3.63, 3.8) is 0 Å². The predicted molar refractivity (Wildman–Crippen MR) is 78.2 cm³/mol. The summed E-state index contributed by atoms with van der Waals surface area (Å²) in [5, 5.41) is 4.01. The fourth-order valence-electron chi connectivity index (χ4n) is 2.74. The molecule has 0 saturated carbocycles. The first-order valence-electron chi connectivity index (χ1n) is 6.82. The molecule has 1 aliphatic rings. The molecule has 1 aromatic carbocycles. The van der Waals surface area contributed by atoms with Crippen LogP contribution < -0.4 is 10.1 Å². The Morgan fingerprint density at radius 1 is 1.50 bits per heavy atom. The van der Waals surface area contributed by atoms with Gasteiger partial charge in [0.15, 0.2) is 0 Å². The van der Waals surface area contributed by atoms with E-state index in [1.54, 1.807) is 7.11 Å². The molecule has 1 aliphatic heterocycles. The number of carbonyl (C=O) groups excluding carboxylic acids is 1. The zero-order chi connectivity index (χ0) is 14.1. The number of carbonyl (C=O) groups is 1. The number of likely N-dealkylation sites (N-methyl/N-ethyl adjacent to an activating group) is 1. The summed E-state index contributed by atoms with van der Waals surface area (Å²) >= 11 is 0. The fraction of sp³-hybridized carbons (Fsp3) is 0.400. The molecule has 20 heavy (non-hydrogen) atoms. The number of rotatable bonds is 3. The molecule has 5 heteroatoms. The minimum Gasteiger partial charge on any atom is -0.496 e. The molecule has 1 aromatic heterocycles. The van der Waals surface area contributed by atoms with Gasteiger partial charge in [-0.2, -0.15) is 0 Å². The van der Waals surface area contributed by atoms with Gasteiger partial charge in [0.2, 0.25) is 0 Å². The Morgan fingerprint density at radius 3 is 3.05 bits per heavy atom. The van der Waals surface area contributed by atoms with E-state index < -0.39 is 0 Å². The summed E-state index contributed by atoms with van der Waals surface area (Å²) in [6.07, 6.45) is 1.01. The van der Waals surface area contributed by atoms with E-state index in [9.17, 15) is 4.79 Å². The van der Waals surface area contributed by atoms with Crippen LogP contribution in [0.15, 0.2) is 24.3 Å². The molecular formula is C15H19N3O2. The van der Waals surface area contributed by atoms with Gasteiger partial charge in [0, 0.05) is 23.5 Å². The molecule has 1 atom stereocenters. The summed E-state index contributed by atoms with van der Waals surface area (Å²) in [5.74, 6) is 0.724. The molecule has 1 saturated heterocycles. The van der Waals surface area contributed by atoms with E-state index in [0.29, 0.717) is 5.69 Å². The normalized spacial score (nSPS) is 19.4. The minimum absolute atomic E-state index is 0.0523. The first-order valence-corrected chi connectivity index (χ1v) is 6.82. The zero-order valence-corrected chi connectivity index (χ0v) is 11.8. The van der Waals surface area contributed by atoms with Crippen molar-refractivity contribution >= 4 is 16.8 Å². The Bertz CT molecular complexity index is 635. The standard InChI is InChI=1S/C15H19N3O2/c1-18-7-6-10(9-18)16-15(19)13-8-11-12(17-13)4-3-5-14(11)20-2/h3-5,8,10,17H,6-7,9H2,1-2H3,(H,16,19). The summed E-state index contributed by atoms with van der Waals surface area (Å²) < 4.78 is 5.31. The van der Waals surface area contributed by atoms with Crippen LogP contribution in [0.4, 0.5) is 0 Å². The minimum atomic E-state index is -0.0523. The topological polar surface area (TPSA) is 57.4 Å². The summed E-state index contributed by atoms with van der Waals surface area (Å²) in [7, 11) is 3.70. The molecule has 2 aromatic rings. The van der Waals surface area contributed by atoms with Crippen LogP contribution in [0.1, 0.15) is 16.9 Å². The van der Waals surface area contributed by atoms with Gasteiger partial charge < -0.3 is 19.9 Å². The molecule has 0 aliphatic carbocycles. The Labute approximate surface area is 117 Å². The average molecular weight is 273 g/mol. The van der Waals surface area contributed by atoms with Crippen molar-refractivity contribution in [2.45, 2.75) is 12.5 Å². The highest BCUT2D eigenvalue weighted by molar-refractivity contribution is 5.99. The quantitative estimate of drug-likeness (QED) is 0.893. The van der Waals surface area contributed by atoms with Crippen molar-refractivity contribution in [3.8, 4) is 5.75 Å². The Morgan fingerprint density at radius 2 is 2.35 bits per heavy atom. The molecule has 0 bridgehead atoms. The molecule has 0 radical (unpaired) electrons. The first kappa shape index (κ1) is 13.0. The van der Waals surface area contributed by atoms with Crippen molar-refractivity contribution in [3.05, 3.63) is 30.0 Å². The van der Waals surface area contributed by atoms with Crippen molar-refractivity contribution in [1.82, 2.24) is 15.2 Å². The molecule has 1 amide bonds. The second kappa shape index (κ2) is 5.17. The average Bonchev–Trinajstić information content (AvgIpc) is 3.04. The lowest BCUT2D eigenvalue weighted by Crippen LogP contribution is -2.36. The van der Waals surface area contributed by atoms with Crippen LogP contribution in [0.2, 0.25) is 0 Å². The van der Waals surface area contributed by atoms with Gasteiger partial charge >= 0.3 is 0 Å². The van der Waals surface area contributed by atoms with E-state index in [2.05, 4.69) is 22.2 Å². The number of amides is 1. The number of nitrogens with one attached hydrogen (secondary N) is 2. The highest BCUT2D eigenvalue weighted by Crippen LogP contribution is 2.26. The third-order valence-electron chi connectivity index (χ3n) is 3.82. The lowest BCUT2D eigenvalue weighted by Gasteiger charge is -2.11. The third-order valence-corrected chi connectivity index (χ3v) is 3.82. The van der Waals surface area contributed by atoms with E-state index in [4.69, 9.17) is 4.74 Å². The number of aromatic amines is 1. The monoisotopic (exact) mass is 273 g/mol. The molecule has 2 N–H and O–H groups in total. The zero-order valence-electron chi connectivity index (χ0n) is 11.8. The van der Waals surface area contributed by atoms with Crippen LogP contribution >= 0.6 is 0 Å². The summed E-state index contributed by atoms with van der Waals surface area (Å²) in [6.45, 7) is 1.95. The van der Waals surface area contributed by atoms with Gasteiger partial charge in [0.1, 0.15) is 11.4 Å². The van der Waals surface area contributed by atoms with E-state index in [1.165, 1.54) is 0 Å². The first-order chi connectivity index (χ1) is 9.67. The van der Waals surface area contributed by atoms with Gasteiger partial charge in [0.25, 0.3) is 5.91 Å². The van der Waals surface area contributed by atoms with Crippen molar-refractivity contribution in [2.24, 2.45) is 0 Å². The Hall–Kier alpha value is -2.01. The number of methoxy groups -OCH3 is 1. The van der Waals surface area contributed by atoms with Crippen LogP contribution in [0, 0.1) is 0 Å². The molecule has 3 rings (SSSR count). The highest BCUT2D eigenvalue weighted by Gasteiger charge is 2.22. The van der Waals surface area contributed by atoms with E-state index in [0.717, 1.165) is 36.2 Å². The number of nitrogens with zero attached hydrogens (tertiary/aromatic N) is 1. The van der Waals surface area contributed by atoms with Crippen LogP contribution in [-0.2, 0) is 0 Å². The lowest BCUT2D eigenvalue weighted by atomic mass is 10.2. The van der Waals surface area contributed by atoms with Gasteiger partial charge in [0.05, 0.1) is 7.11 Å². The maximum absolute atomic E-state index is 12.3. The molecular weight excluding hydrogens is 254 g/mol. The molecule has 106 valence electrons. The van der Waals surface area contributed by atoms with E-state index >= 15 is 0 Å². The lowest BCUT2D eigenvalue weighted by molar-refractivity contribution is 0.0934. The SMILES string of the molecule is COc1cccc2[nH]c(C(=O)NC3CCN(C)C3)cc12. The highest BCUT2D eigenvalue weighted by atomic mass is 16.5. The van der Waals surface area contributed by atoms with Gasteiger partial charge in [-0.25, -0.2) is 0 Å². The van der Waals surface area contributed by atoms with Gasteiger partial charge in [-0.3, -0.25) is 4.79 Å². The number of hydrogen-bond acceptors (Lipinski definition) is 3. The number of hydrogen-bond donors (Lipinski definition) is 2. The van der Waals surface area contributed by atoms with Crippen LogP contribution in [0.5, 0.6) is 5.75 Å². The van der Waals surface area contributed by atoms with Crippen molar-refractivity contribution in [2.75, 3.05) is 27.2 Å². The van der Waals surface area contributed by atoms with Crippen molar-refractivity contribution in [1.29, 1.82) is 0 Å². The van der Waals surface area contributed by atoms with Gasteiger partial charge in [-0.1, -0.05) is 6.07 Å². The number of aromatic nitrogens is 1. The van der Waals surface area contributed by atoms with Crippen LogP contribution in [-0.4, -0.2) is 49.1 Å². The smallest absolute Gasteiger partial charge is 0.267 e. The molecule has 0 spiro atoms. The number of fused-ring (bicyclic) bond motifs is 1. The second-order valence-corrected chi connectivity index (χ2v) is 5.33. The van der Waals surface area contributed by atoms with E-state index in [1.807, 2.05) is 24.3 Å². The maximum Gasteiger partial charge on any atom is 0.267 e. The van der Waals surface area contributed by atoms with Gasteiger partial charge in [-0.05, 0) is 38.2 Å². The number of benzene rings is 1. The molecule has 1 unspecified atom stereocenters. The molecule has 1 fully saturated rings. The third kappa shape index (κ3) is 2.36. The number of ether oxygens (including phenoxy) is 1. The van der Waals surface area contributed by atoms with Crippen molar-refractivity contribution < 1.29 is 9.53 Å². The maximum atomic E-state index is 12.3.